The molecule has 8 heteroatoms. The fourth-order valence-corrected chi connectivity index (χ4v) is 5.01. The van der Waals surface area contributed by atoms with Crippen molar-refractivity contribution in [3.05, 3.63) is 68.6 Å². The van der Waals surface area contributed by atoms with Crippen LogP contribution in [-0.2, 0) is 27.1 Å². The predicted molar refractivity (Wildman–Crippen MR) is 125 cm³/mol. The summed E-state index contributed by atoms with van der Waals surface area (Å²) in [6.07, 6.45) is 5.56. The number of imidazole rings is 2. The van der Waals surface area contributed by atoms with Crippen LogP contribution < -0.4 is 11.2 Å². The number of fused-ring (bicyclic) bond motifs is 3. The molecule has 1 saturated heterocycles. The SMILES string of the molecule is Cc1cn2c3c(=O)n(C)c(=O)n(C)c3nc2n1CCN1CCC(Cc2ccccc2)CC1. The predicted octanol–water partition coefficient (Wildman–Crippen LogP) is 1.95. The lowest BCUT2D eigenvalue weighted by Crippen LogP contribution is -2.37. The average molecular weight is 435 g/mol. The van der Waals surface area contributed by atoms with Crippen LogP contribution in [0.3, 0.4) is 0 Å². The summed E-state index contributed by atoms with van der Waals surface area (Å²) >= 11 is 0. The lowest BCUT2D eigenvalue weighted by atomic mass is 9.90. The molecule has 0 bridgehead atoms. The summed E-state index contributed by atoms with van der Waals surface area (Å²) in [6, 6.07) is 10.8. The molecule has 0 saturated carbocycles. The van der Waals surface area contributed by atoms with Gasteiger partial charge in [-0.1, -0.05) is 30.3 Å². The molecule has 168 valence electrons. The summed E-state index contributed by atoms with van der Waals surface area (Å²) in [5.74, 6) is 1.47. The van der Waals surface area contributed by atoms with Crippen LogP contribution >= 0.6 is 0 Å². The number of hydrogen-bond donors (Lipinski definition) is 0. The third-order valence-corrected chi connectivity index (χ3v) is 6.97. The second-order valence-electron chi connectivity index (χ2n) is 9.06. The first-order valence-electron chi connectivity index (χ1n) is 11.3. The van der Waals surface area contributed by atoms with Crippen LogP contribution in [0.1, 0.15) is 24.1 Å². The van der Waals surface area contributed by atoms with E-state index < -0.39 is 0 Å². The second-order valence-corrected chi connectivity index (χ2v) is 9.06. The zero-order chi connectivity index (χ0) is 22.4. The fourth-order valence-electron chi connectivity index (χ4n) is 5.01. The topological polar surface area (TPSA) is 69.5 Å². The molecular formula is C24H30N6O2. The fraction of sp³-hybridized carbons (Fsp3) is 0.458. The summed E-state index contributed by atoms with van der Waals surface area (Å²) < 4.78 is 6.57. The average Bonchev–Trinajstić information content (AvgIpc) is 3.31. The molecule has 0 spiro atoms. The van der Waals surface area contributed by atoms with Gasteiger partial charge in [-0.05, 0) is 50.8 Å². The van der Waals surface area contributed by atoms with Crippen LogP contribution in [0, 0.1) is 12.8 Å². The van der Waals surface area contributed by atoms with E-state index in [-0.39, 0.29) is 11.2 Å². The molecule has 32 heavy (non-hydrogen) atoms. The Labute approximate surface area is 186 Å². The number of rotatable bonds is 5. The van der Waals surface area contributed by atoms with E-state index in [1.54, 1.807) is 7.05 Å². The first-order chi connectivity index (χ1) is 15.4. The van der Waals surface area contributed by atoms with E-state index in [4.69, 9.17) is 0 Å². The van der Waals surface area contributed by atoms with E-state index in [0.29, 0.717) is 11.2 Å². The lowest BCUT2D eigenvalue weighted by Gasteiger charge is -2.32. The monoisotopic (exact) mass is 434 g/mol. The maximum Gasteiger partial charge on any atom is 0.332 e. The highest BCUT2D eigenvalue weighted by molar-refractivity contribution is 5.75. The molecule has 0 radical (unpaired) electrons. The van der Waals surface area contributed by atoms with Gasteiger partial charge < -0.3 is 9.47 Å². The van der Waals surface area contributed by atoms with Crippen molar-refractivity contribution in [3.8, 4) is 0 Å². The second kappa shape index (κ2) is 8.09. The third kappa shape index (κ3) is 3.48. The van der Waals surface area contributed by atoms with Crippen molar-refractivity contribution in [1.29, 1.82) is 0 Å². The Kier molecular flexibility index (Phi) is 5.25. The number of aromatic nitrogens is 5. The van der Waals surface area contributed by atoms with Gasteiger partial charge in [0.1, 0.15) is 0 Å². The van der Waals surface area contributed by atoms with Gasteiger partial charge in [-0.25, -0.2) is 4.79 Å². The van der Waals surface area contributed by atoms with Crippen molar-refractivity contribution in [2.45, 2.75) is 32.7 Å². The highest BCUT2D eigenvalue weighted by atomic mass is 16.2. The first kappa shape index (κ1) is 20.8. The molecule has 3 aromatic heterocycles. The highest BCUT2D eigenvalue weighted by Gasteiger charge is 2.21. The molecule has 0 N–H and O–H groups in total. The van der Waals surface area contributed by atoms with Gasteiger partial charge in [-0.3, -0.25) is 18.3 Å². The van der Waals surface area contributed by atoms with Crippen molar-refractivity contribution in [1.82, 2.24) is 28.0 Å². The van der Waals surface area contributed by atoms with Crippen LogP contribution in [0.15, 0.2) is 46.1 Å². The van der Waals surface area contributed by atoms with Crippen LogP contribution in [0.4, 0.5) is 0 Å². The van der Waals surface area contributed by atoms with Crippen molar-refractivity contribution >= 4 is 16.9 Å². The molecule has 1 aliphatic rings. The Morgan fingerprint density at radius 1 is 1.00 bits per heavy atom. The molecule has 0 amide bonds. The van der Waals surface area contributed by atoms with Crippen LogP contribution in [0.5, 0.6) is 0 Å². The van der Waals surface area contributed by atoms with E-state index >= 15 is 0 Å². The number of piperidine rings is 1. The van der Waals surface area contributed by atoms with E-state index in [1.165, 1.54) is 36.4 Å². The van der Waals surface area contributed by atoms with E-state index in [2.05, 4.69) is 44.8 Å². The molecule has 8 nitrogen and oxygen atoms in total. The van der Waals surface area contributed by atoms with Crippen LogP contribution in [0.25, 0.3) is 16.9 Å². The maximum atomic E-state index is 12.7. The Balaban J connectivity index is 1.32. The largest absolute Gasteiger partial charge is 0.332 e. The standard InChI is InChI=1S/C24H30N6O2/c1-17-16-30-20-21(26(2)24(32)27(3)22(20)31)25-23(30)29(17)14-13-28-11-9-19(10-12-28)15-18-7-5-4-6-8-18/h4-8,16,19H,9-15H2,1-3H3. The molecule has 5 rings (SSSR count). The Morgan fingerprint density at radius 2 is 1.72 bits per heavy atom. The quantitative estimate of drug-likeness (QED) is 0.482. The number of aryl methyl sites for hydroxylation is 2. The van der Waals surface area contributed by atoms with Crippen molar-refractivity contribution in [2.75, 3.05) is 19.6 Å². The highest BCUT2D eigenvalue weighted by Crippen LogP contribution is 2.22. The normalized spacial score (nSPS) is 15.8. The van der Waals surface area contributed by atoms with Crippen molar-refractivity contribution in [2.24, 2.45) is 20.0 Å². The minimum absolute atomic E-state index is 0.312. The van der Waals surface area contributed by atoms with Gasteiger partial charge in [0, 0.05) is 39.1 Å². The lowest BCUT2D eigenvalue weighted by molar-refractivity contribution is 0.178. The molecule has 0 aliphatic carbocycles. The molecular weight excluding hydrogens is 404 g/mol. The summed E-state index contributed by atoms with van der Waals surface area (Å²) in [5.41, 5.74) is 2.71. The van der Waals surface area contributed by atoms with Crippen molar-refractivity contribution in [3.63, 3.8) is 0 Å². The maximum absolute atomic E-state index is 12.7. The van der Waals surface area contributed by atoms with E-state index in [9.17, 15) is 9.59 Å². The molecule has 0 atom stereocenters. The number of likely N-dealkylation sites (tertiary alicyclic amines) is 1. The van der Waals surface area contributed by atoms with Crippen LogP contribution in [0.2, 0.25) is 0 Å². The number of hydrogen-bond acceptors (Lipinski definition) is 4. The van der Waals surface area contributed by atoms with Gasteiger partial charge >= 0.3 is 5.69 Å². The molecule has 1 aromatic carbocycles. The molecule has 0 unspecified atom stereocenters. The van der Waals surface area contributed by atoms with Gasteiger partial charge in [0.2, 0.25) is 5.78 Å². The van der Waals surface area contributed by atoms with Gasteiger partial charge in [0.15, 0.2) is 11.2 Å². The number of benzene rings is 1. The molecule has 4 heterocycles. The summed E-state index contributed by atoms with van der Waals surface area (Å²) in [6.45, 7) is 6.02. The third-order valence-electron chi connectivity index (χ3n) is 6.97. The summed E-state index contributed by atoms with van der Waals surface area (Å²) in [5, 5.41) is 0. The zero-order valence-corrected chi connectivity index (χ0v) is 19.0. The van der Waals surface area contributed by atoms with E-state index in [0.717, 1.165) is 48.1 Å². The molecule has 1 fully saturated rings. The smallest absolute Gasteiger partial charge is 0.313 e. The Morgan fingerprint density at radius 3 is 2.44 bits per heavy atom. The van der Waals surface area contributed by atoms with Gasteiger partial charge in [0.05, 0.1) is 0 Å². The van der Waals surface area contributed by atoms with E-state index in [1.807, 2.05) is 17.5 Å². The summed E-state index contributed by atoms with van der Waals surface area (Å²) in [7, 11) is 3.17. The minimum Gasteiger partial charge on any atom is -0.313 e. The van der Waals surface area contributed by atoms with Crippen molar-refractivity contribution < 1.29 is 0 Å². The number of nitrogens with zero attached hydrogens (tertiary/aromatic N) is 6. The van der Waals surface area contributed by atoms with Gasteiger partial charge in [-0.15, -0.1) is 0 Å². The Hall–Kier alpha value is -3.13. The summed E-state index contributed by atoms with van der Waals surface area (Å²) in [4.78, 5) is 32.2. The zero-order valence-electron chi connectivity index (χ0n) is 19.0. The molecule has 1 aliphatic heterocycles. The Bertz CT molecular complexity index is 1380. The molecule has 4 aromatic rings. The minimum atomic E-state index is -0.357. The van der Waals surface area contributed by atoms with Gasteiger partial charge in [0.25, 0.3) is 5.56 Å². The van der Waals surface area contributed by atoms with Crippen LogP contribution in [-0.4, -0.2) is 47.6 Å². The first-order valence-corrected chi connectivity index (χ1v) is 11.3. The van der Waals surface area contributed by atoms with Gasteiger partial charge in [-0.2, -0.15) is 4.98 Å².